The van der Waals surface area contributed by atoms with Crippen LogP contribution in [0, 0.1) is 26.1 Å². The molecule has 1 heterocycles. The van der Waals surface area contributed by atoms with E-state index in [1.54, 1.807) is 17.9 Å². The summed E-state index contributed by atoms with van der Waals surface area (Å²) in [6, 6.07) is 5.99. The van der Waals surface area contributed by atoms with Crippen LogP contribution < -0.4 is 0 Å². The van der Waals surface area contributed by atoms with E-state index in [0.29, 0.717) is 6.54 Å². The van der Waals surface area contributed by atoms with E-state index in [4.69, 9.17) is 0 Å². The number of hydrogen-bond donors (Lipinski definition) is 0. The molecule has 1 saturated heterocycles. The Morgan fingerprint density at radius 2 is 1.77 bits per heavy atom. The van der Waals surface area contributed by atoms with Crippen LogP contribution >= 0.6 is 0 Å². The van der Waals surface area contributed by atoms with Crippen LogP contribution in [-0.4, -0.2) is 51.5 Å². The molecule has 0 N–H and O–H groups in total. The molecule has 1 aliphatic heterocycles. The van der Waals surface area contributed by atoms with Crippen LogP contribution in [0.4, 0.5) is 0 Å². The van der Waals surface area contributed by atoms with Gasteiger partial charge in [0, 0.05) is 27.4 Å². The zero-order valence-corrected chi connectivity index (χ0v) is 14.5. The van der Waals surface area contributed by atoms with Gasteiger partial charge < -0.3 is 4.79 Å². The highest BCUT2D eigenvalue weighted by molar-refractivity contribution is 6.06. The second-order valence-corrected chi connectivity index (χ2v) is 7.00. The van der Waals surface area contributed by atoms with E-state index in [2.05, 4.69) is 0 Å². The third kappa shape index (κ3) is 2.13. The standard InChI is InChI=1S/C17H19N3O6/c1-3-18-9-16(19(23)24)13-7-5-4-6-12(13)15(22)17(10-18,20(25)26)14(16)8-11(2)21/h4-7,14H,3,8-10H2,1-2H3/t14-,16-,17-/m0/s1. The smallest absolute Gasteiger partial charge is 0.300 e. The highest BCUT2D eigenvalue weighted by atomic mass is 16.6. The molecule has 2 aliphatic rings. The molecule has 0 aromatic heterocycles. The highest BCUT2D eigenvalue weighted by Gasteiger charge is 2.77. The Hall–Kier alpha value is -2.68. The summed E-state index contributed by atoms with van der Waals surface area (Å²) in [5.41, 5.74) is -3.91. The molecule has 9 heteroatoms. The van der Waals surface area contributed by atoms with Gasteiger partial charge in [0.15, 0.2) is 0 Å². The lowest BCUT2D eigenvalue weighted by Gasteiger charge is -2.50. The third-order valence-corrected chi connectivity index (χ3v) is 5.70. The molecule has 2 bridgehead atoms. The van der Waals surface area contributed by atoms with Crippen molar-refractivity contribution >= 4 is 11.6 Å². The molecule has 0 unspecified atom stereocenters. The van der Waals surface area contributed by atoms with Crippen LogP contribution in [0.2, 0.25) is 0 Å². The summed E-state index contributed by atoms with van der Waals surface area (Å²) < 4.78 is 0. The maximum Gasteiger partial charge on any atom is 0.306 e. The number of hydrogen-bond acceptors (Lipinski definition) is 7. The minimum atomic E-state index is -2.21. The second kappa shape index (κ2) is 5.94. The first-order chi connectivity index (χ1) is 12.2. The molecule has 1 fully saturated rings. The van der Waals surface area contributed by atoms with Gasteiger partial charge in [-0.05, 0) is 13.5 Å². The van der Waals surface area contributed by atoms with Crippen molar-refractivity contribution in [3.63, 3.8) is 0 Å². The number of carbonyl (C=O) groups is 2. The van der Waals surface area contributed by atoms with Crippen molar-refractivity contribution in [3.05, 3.63) is 55.6 Å². The van der Waals surface area contributed by atoms with E-state index in [-0.39, 0.29) is 30.6 Å². The molecule has 1 aromatic rings. The van der Waals surface area contributed by atoms with Crippen molar-refractivity contribution in [1.82, 2.24) is 4.90 Å². The first kappa shape index (κ1) is 18.1. The summed E-state index contributed by atoms with van der Waals surface area (Å²) in [5, 5.41) is 24.5. The number of carbonyl (C=O) groups excluding carboxylic acids is 2. The predicted molar refractivity (Wildman–Crippen MR) is 90.1 cm³/mol. The van der Waals surface area contributed by atoms with Crippen molar-refractivity contribution in [2.45, 2.75) is 31.3 Å². The molecule has 0 amide bonds. The number of nitro groups is 2. The van der Waals surface area contributed by atoms with Crippen LogP contribution in [0.15, 0.2) is 24.3 Å². The first-order valence-electron chi connectivity index (χ1n) is 8.37. The summed E-state index contributed by atoms with van der Waals surface area (Å²) in [4.78, 5) is 49.9. The van der Waals surface area contributed by atoms with Crippen molar-refractivity contribution in [1.29, 1.82) is 0 Å². The molecule has 1 aromatic carbocycles. The Morgan fingerprint density at radius 3 is 2.31 bits per heavy atom. The summed E-state index contributed by atoms with van der Waals surface area (Å²) in [6.07, 6.45) is -0.389. The van der Waals surface area contributed by atoms with Crippen LogP contribution in [-0.2, 0) is 10.3 Å². The fourth-order valence-electron chi connectivity index (χ4n) is 4.55. The highest BCUT2D eigenvalue weighted by Crippen LogP contribution is 2.53. The van der Waals surface area contributed by atoms with E-state index in [9.17, 15) is 29.8 Å². The fourth-order valence-corrected chi connectivity index (χ4v) is 4.55. The molecule has 0 radical (unpaired) electrons. The first-order valence-corrected chi connectivity index (χ1v) is 8.37. The van der Waals surface area contributed by atoms with Gasteiger partial charge in [-0.15, -0.1) is 0 Å². The van der Waals surface area contributed by atoms with E-state index >= 15 is 0 Å². The molecular formula is C17H19N3O6. The third-order valence-electron chi connectivity index (χ3n) is 5.70. The summed E-state index contributed by atoms with van der Waals surface area (Å²) in [7, 11) is 0. The van der Waals surface area contributed by atoms with Crippen LogP contribution in [0.3, 0.4) is 0 Å². The van der Waals surface area contributed by atoms with Crippen molar-refractivity contribution in [2.75, 3.05) is 19.6 Å². The van der Waals surface area contributed by atoms with Gasteiger partial charge in [-0.1, -0.05) is 31.2 Å². The average molecular weight is 361 g/mol. The molecule has 138 valence electrons. The number of piperidine rings is 1. The number of likely N-dealkylation sites (N-methyl/N-ethyl adjacent to an activating group) is 1. The molecule has 26 heavy (non-hydrogen) atoms. The lowest BCUT2D eigenvalue weighted by molar-refractivity contribution is -0.640. The largest absolute Gasteiger partial charge is 0.306 e. The van der Waals surface area contributed by atoms with Crippen molar-refractivity contribution < 1.29 is 19.4 Å². The second-order valence-electron chi connectivity index (χ2n) is 7.00. The van der Waals surface area contributed by atoms with Gasteiger partial charge in [-0.3, -0.25) is 29.9 Å². The van der Waals surface area contributed by atoms with E-state index in [1.165, 1.54) is 25.1 Å². The maximum atomic E-state index is 13.2. The summed E-state index contributed by atoms with van der Waals surface area (Å²) >= 11 is 0. The Bertz CT molecular complexity index is 824. The Kier molecular flexibility index (Phi) is 4.14. The number of benzene rings is 1. The van der Waals surface area contributed by atoms with Gasteiger partial charge in [-0.2, -0.15) is 0 Å². The zero-order chi connectivity index (χ0) is 19.3. The van der Waals surface area contributed by atoms with Crippen LogP contribution in [0.1, 0.15) is 36.2 Å². The molecule has 3 atom stereocenters. The SMILES string of the molecule is CCN1C[C@]2([N+](=O)[O-])c3ccccc3C(=O)[C@]([N+](=O)[O-])(C1)[C@H]2CC(C)=O. The molecule has 3 rings (SSSR count). The topological polar surface area (TPSA) is 124 Å². The molecule has 1 aliphatic carbocycles. The van der Waals surface area contributed by atoms with Crippen molar-refractivity contribution in [2.24, 2.45) is 5.92 Å². The van der Waals surface area contributed by atoms with Crippen LogP contribution in [0.5, 0.6) is 0 Å². The Balaban J connectivity index is 2.43. The van der Waals surface area contributed by atoms with Gasteiger partial charge in [0.05, 0.1) is 13.1 Å². The predicted octanol–water partition coefficient (Wildman–Crippen LogP) is 1.30. The van der Waals surface area contributed by atoms with E-state index < -0.39 is 38.4 Å². The van der Waals surface area contributed by atoms with E-state index in [1.807, 2.05) is 0 Å². The lowest BCUT2D eigenvalue weighted by Crippen LogP contribution is -2.75. The Morgan fingerprint density at radius 1 is 1.19 bits per heavy atom. The van der Waals surface area contributed by atoms with Gasteiger partial charge >= 0.3 is 5.54 Å². The number of Topliss-reactive ketones (excluding diaryl/α,β-unsaturated/α-hetero) is 2. The average Bonchev–Trinajstić information content (AvgIpc) is 2.59. The fraction of sp³-hybridized carbons (Fsp3) is 0.529. The van der Waals surface area contributed by atoms with Crippen LogP contribution in [0.25, 0.3) is 0 Å². The number of ketones is 2. The molecular weight excluding hydrogens is 342 g/mol. The lowest BCUT2D eigenvalue weighted by atomic mass is 9.56. The quantitative estimate of drug-likeness (QED) is 0.572. The van der Waals surface area contributed by atoms with Gasteiger partial charge in [-0.25, -0.2) is 0 Å². The van der Waals surface area contributed by atoms with Gasteiger partial charge in [0.25, 0.3) is 5.54 Å². The minimum absolute atomic E-state index is 0.0106. The molecule has 0 saturated carbocycles. The summed E-state index contributed by atoms with van der Waals surface area (Å²) in [6.45, 7) is 2.98. The van der Waals surface area contributed by atoms with E-state index in [0.717, 1.165) is 0 Å². The zero-order valence-electron chi connectivity index (χ0n) is 14.5. The number of rotatable bonds is 5. The normalized spacial score (nSPS) is 30.5. The summed E-state index contributed by atoms with van der Waals surface area (Å²) in [5.74, 6) is -2.49. The number of fused-ring (bicyclic) bond motifs is 4. The van der Waals surface area contributed by atoms with Gasteiger partial charge in [0.1, 0.15) is 11.7 Å². The molecule has 9 nitrogen and oxygen atoms in total. The molecule has 0 spiro atoms. The monoisotopic (exact) mass is 361 g/mol. The minimum Gasteiger partial charge on any atom is -0.300 e. The van der Waals surface area contributed by atoms with Crippen molar-refractivity contribution in [3.8, 4) is 0 Å². The number of likely N-dealkylation sites (tertiary alicyclic amines) is 1. The maximum absolute atomic E-state index is 13.2. The van der Waals surface area contributed by atoms with Gasteiger partial charge in [0.2, 0.25) is 5.78 Å². The number of nitrogens with zero attached hydrogens (tertiary/aromatic N) is 3. The Labute approximate surface area is 149 Å².